The zero-order valence-electron chi connectivity index (χ0n) is 14.7. The summed E-state index contributed by atoms with van der Waals surface area (Å²) >= 11 is 0. The van der Waals surface area contributed by atoms with Crippen LogP contribution in [0.25, 0.3) is 0 Å². The molecule has 1 amide bonds. The van der Waals surface area contributed by atoms with Crippen LogP contribution in [0.2, 0.25) is 0 Å². The van der Waals surface area contributed by atoms with Gasteiger partial charge in [-0.1, -0.05) is 23.2 Å². The molecule has 3 aliphatic rings. The predicted molar refractivity (Wildman–Crippen MR) is 89.2 cm³/mol. The molecular formula is C18H28N4O2. The standard InChI is InChI=1S/C18H28N4O2/c1-14-16(20-24-19-14)12-21-10-8-18(9-11-21)7-6-17(23)22(13-18)15-4-2-3-5-15/h15H,2-13H2,1H3. The van der Waals surface area contributed by atoms with Crippen molar-refractivity contribution in [3.8, 4) is 0 Å². The van der Waals surface area contributed by atoms with Gasteiger partial charge in [0.15, 0.2) is 0 Å². The maximum Gasteiger partial charge on any atom is 0.222 e. The van der Waals surface area contributed by atoms with Crippen molar-refractivity contribution in [2.45, 2.75) is 70.9 Å². The SMILES string of the molecule is Cc1nonc1CN1CCC2(CCC(=O)N(C3CCCC3)C2)CC1. The number of hydrogen-bond acceptors (Lipinski definition) is 5. The summed E-state index contributed by atoms with van der Waals surface area (Å²) in [6.07, 6.45) is 9.22. The van der Waals surface area contributed by atoms with Crippen LogP contribution in [-0.2, 0) is 11.3 Å². The third-order valence-corrected chi connectivity index (χ3v) is 6.50. The molecular weight excluding hydrogens is 304 g/mol. The number of carbonyl (C=O) groups is 1. The summed E-state index contributed by atoms with van der Waals surface area (Å²) in [6.45, 7) is 5.94. The van der Waals surface area contributed by atoms with Gasteiger partial charge in [-0.3, -0.25) is 9.69 Å². The Labute approximate surface area is 143 Å². The normalized spacial score (nSPS) is 25.7. The highest BCUT2D eigenvalue weighted by atomic mass is 16.6. The maximum atomic E-state index is 12.4. The molecule has 6 heteroatoms. The average molecular weight is 332 g/mol. The second-order valence-electron chi connectivity index (χ2n) is 8.03. The monoisotopic (exact) mass is 332 g/mol. The van der Waals surface area contributed by atoms with E-state index >= 15 is 0 Å². The largest absolute Gasteiger partial charge is 0.339 e. The molecule has 1 saturated carbocycles. The Morgan fingerprint density at radius 2 is 1.92 bits per heavy atom. The molecule has 24 heavy (non-hydrogen) atoms. The number of aryl methyl sites for hydroxylation is 1. The van der Waals surface area contributed by atoms with Crippen LogP contribution < -0.4 is 0 Å². The van der Waals surface area contributed by atoms with Crippen molar-refractivity contribution in [2.24, 2.45) is 5.41 Å². The van der Waals surface area contributed by atoms with E-state index in [9.17, 15) is 4.79 Å². The molecule has 1 spiro atoms. The molecule has 0 bridgehead atoms. The van der Waals surface area contributed by atoms with E-state index in [-0.39, 0.29) is 0 Å². The van der Waals surface area contributed by atoms with Gasteiger partial charge in [0.25, 0.3) is 0 Å². The van der Waals surface area contributed by atoms with Crippen molar-refractivity contribution in [3.63, 3.8) is 0 Å². The van der Waals surface area contributed by atoms with Crippen molar-refractivity contribution < 1.29 is 9.42 Å². The lowest BCUT2D eigenvalue weighted by atomic mass is 9.72. The smallest absolute Gasteiger partial charge is 0.222 e. The molecule has 3 heterocycles. The second-order valence-corrected chi connectivity index (χ2v) is 8.03. The van der Waals surface area contributed by atoms with Gasteiger partial charge in [0.1, 0.15) is 11.4 Å². The first-order chi connectivity index (χ1) is 11.7. The van der Waals surface area contributed by atoms with E-state index in [1.807, 2.05) is 6.92 Å². The van der Waals surface area contributed by atoms with Crippen LogP contribution in [0, 0.1) is 12.3 Å². The fraction of sp³-hybridized carbons (Fsp3) is 0.833. The molecule has 0 N–H and O–H groups in total. The molecule has 4 rings (SSSR count). The highest BCUT2D eigenvalue weighted by Gasteiger charge is 2.43. The number of hydrogen-bond donors (Lipinski definition) is 0. The summed E-state index contributed by atoms with van der Waals surface area (Å²) in [6, 6.07) is 0.525. The topological polar surface area (TPSA) is 62.5 Å². The quantitative estimate of drug-likeness (QED) is 0.851. The number of piperidine rings is 2. The van der Waals surface area contributed by atoms with Gasteiger partial charge in [-0.25, -0.2) is 4.63 Å². The van der Waals surface area contributed by atoms with E-state index in [4.69, 9.17) is 4.63 Å². The van der Waals surface area contributed by atoms with Crippen LogP contribution >= 0.6 is 0 Å². The average Bonchev–Trinajstić information content (AvgIpc) is 3.25. The van der Waals surface area contributed by atoms with Crippen LogP contribution in [0.1, 0.15) is 62.8 Å². The lowest BCUT2D eigenvalue weighted by Crippen LogP contribution is -2.53. The first-order valence-electron chi connectivity index (χ1n) is 9.45. The summed E-state index contributed by atoms with van der Waals surface area (Å²) in [5.74, 6) is 0.402. The van der Waals surface area contributed by atoms with Gasteiger partial charge in [-0.15, -0.1) is 0 Å². The maximum absolute atomic E-state index is 12.4. The van der Waals surface area contributed by atoms with Crippen LogP contribution in [0.3, 0.4) is 0 Å². The summed E-state index contributed by atoms with van der Waals surface area (Å²) in [7, 11) is 0. The molecule has 1 aromatic rings. The number of carbonyl (C=O) groups excluding carboxylic acids is 1. The first kappa shape index (κ1) is 16.1. The van der Waals surface area contributed by atoms with Crippen molar-refractivity contribution in [2.75, 3.05) is 19.6 Å². The van der Waals surface area contributed by atoms with Crippen LogP contribution in [0.4, 0.5) is 0 Å². The molecule has 6 nitrogen and oxygen atoms in total. The Bertz CT molecular complexity index is 586. The zero-order chi connectivity index (χ0) is 16.6. The van der Waals surface area contributed by atoms with Crippen LogP contribution in [0.15, 0.2) is 4.63 Å². The van der Waals surface area contributed by atoms with E-state index in [0.29, 0.717) is 17.4 Å². The minimum absolute atomic E-state index is 0.351. The second kappa shape index (κ2) is 6.47. The highest BCUT2D eigenvalue weighted by molar-refractivity contribution is 5.77. The Balaban J connectivity index is 1.37. The third kappa shape index (κ3) is 3.08. The van der Waals surface area contributed by atoms with Gasteiger partial charge < -0.3 is 4.90 Å². The van der Waals surface area contributed by atoms with E-state index < -0.39 is 0 Å². The Morgan fingerprint density at radius 3 is 2.58 bits per heavy atom. The number of amides is 1. The minimum Gasteiger partial charge on any atom is -0.339 e. The summed E-state index contributed by atoms with van der Waals surface area (Å²) in [5.41, 5.74) is 2.20. The molecule has 0 radical (unpaired) electrons. The number of likely N-dealkylation sites (tertiary alicyclic amines) is 2. The van der Waals surface area contributed by atoms with Gasteiger partial charge in [-0.2, -0.15) is 0 Å². The third-order valence-electron chi connectivity index (χ3n) is 6.50. The Morgan fingerprint density at radius 1 is 1.17 bits per heavy atom. The molecule has 0 aromatic carbocycles. The number of aromatic nitrogens is 2. The number of nitrogens with zero attached hydrogens (tertiary/aromatic N) is 4. The molecule has 132 valence electrons. The molecule has 1 aliphatic carbocycles. The van der Waals surface area contributed by atoms with Gasteiger partial charge >= 0.3 is 0 Å². The van der Waals surface area contributed by atoms with E-state index in [2.05, 4.69) is 20.1 Å². The van der Waals surface area contributed by atoms with Crippen LogP contribution in [-0.4, -0.2) is 51.7 Å². The molecule has 0 atom stereocenters. The van der Waals surface area contributed by atoms with Gasteiger partial charge in [0.2, 0.25) is 5.91 Å². The van der Waals surface area contributed by atoms with E-state index in [0.717, 1.165) is 50.4 Å². The minimum atomic E-state index is 0.351. The van der Waals surface area contributed by atoms with Gasteiger partial charge in [0, 0.05) is 25.6 Å². The molecule has 2 aliphatic heterocycles. The van der Waals surface area contributed by atoms with Gasteiger partial charge in [-0.05, 0) is 57.5 Å². The summed E-state index contributed by atoms with van der Waals surface area (Å²) in [5, 5.41) is 7.88. The first-order valence-corrected chi connectivity index (χ1v) is 9.45. The Kier molecular flexibility index (Phi) is 4.33. The predicted octanol–water partition coefficient (Wildman–Crippen LogP) is 2.53. The van der Waals surface area contributed by atoms with Crippen molar-refractivity contribution in [1.82, 2.24) is 20.1 Å². The van der Waals surface area contributed by atoms with Crippen molar-refractivity contribution in [1.29, 1.82) is 0 Å². The fourth-order valence-corrected chi connectivity index (χ4v) is 4.79. The number of rotatable bonds is 3. The van der Waals surface area contributed by atoms with Crippen LogP contribution in [0.5, 0.6) is 0 Å². The molecule has 1 aromatic heterocycles. The zero-order valence-corrected chi connectivity index (χ0v) is 14.7. The Hall–Kier alpha value is -1.43. The summed E-state index contributed by atoms with van der Waals surface area (Å²) < 4.78 is 4.81. The van der Waals surface area contributed by atoms with Gasteiger partial charge in [0.05, 0.1) is 0 Å². The summed E-state index contributed by atoms with van der Waals surface area (Å²) in [4.78, 5) is 17.1. The van der Waals surface area contributed by atoms with Crippen molar-refractivity contribution in [3.05, 3.63) is 11.4 Å². The molecule has 0 unspecified atom stereocenters. The van der Waals surface area contributed by atoms with Crippen molar-refractivity contribution >= 4 is 5.91 Å². The highest BCUT2D eigenvalue weighted by Crippen LogP contribution is 2.42. The lowest BCUT2D eigenvalue weighted by molar-refractivity contribution is -0.142. The molecule has 2 saturated heterocycles. The lowest BCUT2D eigenvalue weighted by Gasteiger charge is -2.49. The van der Waals surface area contributed by atoms with E-state index in [1.54, 1.807) is 0 Å². The van der Waals surface area contributed by atoms with E-state index in [1.165, 1.54) is 38.5 Å². The molecule has 3 fully saturated rings. The fourth-order valence-electron chi connectivity index (χ4n) is 4.79.